The molecule has 0 unspecified atom stereocenters. The second kappa shape index (κ2) is 6.68. The van der Waals surface area contributed by atoms with E-state index in [1.807, 2.05) is 4.90 Å². The number of carboxylic acid groups (broad SMARTS) is 1. The number of carbonyl (C=O) groups excluding carboxylic acids is 2. The van der Waals surface area contributed by atoms with Crippen molar-refractivity contribution >= 4 is 29.1 Å². The molecule has 2 aliphatic heterocycles. The summed E-state index contributed by atoms with van der Waals surface area (Å²) in [7, 11) is 0. The van der Waals surface area contributed by atoms with Gasteiger partial charge in [-0.15, -0.1) is 11.3 Å². The van der Waals surface area contributed by atoms with E-state index >= 15 is 0 Å². The predicted octanol–water partition coefficient (Wildman–Crippen LogP) is 2.13. The third kappa shape index (κ3) is 2.92. The summed E-state index contributed by atoms with van der Waals surface area (Å²) in [5.41, 5.74) is 0.471. The molecule has 2 fully saturated rings. The van der Waals surface area contributed by atoms with Crippen molar-refractivity contribution in [3.63, 3.8) is 0 Å². The lowest BCUT2D eigenvalue weighted by molar-refractivity contribution is -0.149. The van der Waals surface area contributed by atoms with Crippen LogP contribution in [-0.4, -0.2) is 52.3 Å². The molecule has 0 bridgehead atoms. The minimum Gasteiger partial charge on any atom is -0.481 e. The highest BCUT2D eigenvalue weighted by Crippen LogP contribution is 2.49. The molecule has 1 aromatic rings. The van der Waals surface area contributed by atoms with Crippen LogP contribution in [0.15, 0.2) is 11.4 Å². The Labute approximate surface area is 156 Å². The van der Waals surface area contributed by atoms with E-state index < -0.39 is 11.4 Å². The average molecular weight is 376 g/mol. The van der Waals surface area contributed by atoms with Gasteiger partial charge in [-0.25, -0.2) is 0 Å². The number of aliphatic carboxylic acids is 1. The van der Waals surface area contributed by atoms with Crippen molar-refractivity contribution in [2.24, 2.45) is 11.3 Å². The van der Waals surface area contributed by atoms with Crippen molar-refractivity contribution in [1.29, 1.82) is 0 Å². The van der Waals surface area contributed by atoms with Crippen LogP contribution in [0.4, 0.5) is 0 Å². The molecule has 1 aliphatic carbocycles. The summed E-state index contributed by atoms with van der Waals surface area (Å²) in [6.45, 7) is 2.19. The van der Waals surface area contributed by atoms with Gasteiger partial charge in [0.2, 0.25) is 11.8 Å². The molecule has 6 nitrogen and oxygen atoms in total. The first-order valence-electron chi connectivity index (χ1n) is 9.34. The van der Waals surface area contributed by atoms with Gasteiger partial charge in [0.25, 0.3) is 0 Å². The number of nitrogens with zero attached hydrogens (tertiary/aromatic N) is 2. The summed E-state index contributed by atoms with van der Waals surface area (Å²) in [4.78, 5) is 41.6. The Morgan fingerprint density at radius 2 is 2.00 bits per heavy atom. The number of rotatable bonds is 4. The number of fused-ring (bicyclic) bond motifs is 2. The van der Waals surface area contributed by atoms with Crippen LogP contribution >= 0.6 is 11.3 Å². The van der Waals surface area contributed by atoms with Gasteiger partial charge < -0.3 is 14.9 Å². The van der Waals surface area contributed by atoms with E-state index in [0.717, 1.165) is 19.3 Å². The Kier molecular flexibility index (Phi) is 4.50. The molecule has 1 N–H and O–H groups in total. The van der Waals surface area contributed by atoms with Gasteiger partial charge in [-0.05, 0) is 42.2 Å². The maximum atomic E-state index is 12.5. The molecular formula is C19H24N2O4S. The first kappa shape index (κ1) is 17.5. The van der Waals surface area contributed by atoms with E-state index in [4.69, 9.17) is 0 Å². The standard InChI is InChI=1S/C19H24N2O4S/c22-16(20-8-5-15-13(10-20)6-9-26-15)3-4-17(23)21-11-14-2-1-7-19(14,12-21)18(24)25/h6,9,14H,1-5,7-8,10-12H2,(H,24,25)/t14-,19+/m0/s1. The zero-order valence-electron chi connectivity index (χ0n) is 14.8. The second-order valence-corrected chi connectivity index (χ2v) is 8.76. The molecule has 3 heterocycles. The number of carboxylic acids is 1. The predicted molar refractivity (Wildman–Crippen MR) is 96.7 cm³/mol. The Balaban J connectivity index is 1.31. The topological polar surface area (TPSA) is 77.9 Å². The summed E-state index contributed by atoms with van der Waals surface area (Å²) in [6.07, 6.45) is 3.74. The summed E-state index contributed by atoms with van der Waals surface area (Å²) in [5.74, 6) is -0.769. The van der Waals surface area contributed by atoms with Crippen LogP contribution in [-0.2, 0) is 27.3 Å². The highest BCUT2D eigenvalue weighted by molar-refractivity contribution is 7.10. The van der Waals surface area contributed by atoms with Gasteiger partial charge in [0.05, 0.1) is 5.41 Å². The Morgan fingerprint density at radius 3 is 2.73 bits per heavy atom. The molecule has 2 amide bonds. The zero-order valence-corrected chi connectivity index (χ0v) is 15.6. The average Bonchev–Trinajstić information content (AvgIpc) is 3.31. The molecule has 7 heteroatoms. The van der Waals surface area contributed by atoms with E-state index in [-0.39, 0.29) is 30.6 Å². The second-order valence-electron chi connectivity index (χ2n) is 7.76. The van der Waals surface area contributed by atoms with E-state index in [1.54, 1.807) is 16.2 Å². The first-order chi connectivity index (χ1) is 12.5. The molecule has 1 aromatic heterocycles. The number of thiophene rings is 1. The van der Waals surface area contributed by atoms with Gasteiger partial charge in [-0.3, -0.25) is 14.4 Å². The van der Waals surface area contributed by atoms with E-state index in [9.17, 15) is 19.5 Å². The maximum Gasteiger partial charge on any atom is 0.311 e. The fraction of sp³-hybridized carbons (Fsp3) is 0.632. The molecular weight excluding hydrogens is 352 g/mol. The Morgan fingerprint density at radius 1 is 1.23 bits per heavy atom. The van der Waals surface area contributed by atoms with Crippen LogP contribution < -0.4 is 0 Å². The van der Waals surface area contributed by atoms with Crippen molar-refractivity contribution in [2.75, 3.05) is 19.6 Å². The molecule has 0 aromatic carbocycles. The lowest BCUT2D eigenvalue weighted by Gasteiger charge is -2.27. The van der Waals surface area contributed by atoms with Crippen LogP contribution in [0.25, 0.3) is 0 Å². The van der Waals surface area contributed by atoms with E-state index in [1.165, 1.54) is 10.4 Å². The smallest absolute Gasteiger partial charge is 0.311 e. The first-order valence-corrected chi connectivity index (χ1v) is 10.2. The van der Waals surface area contributed by atoms with Gasteiger partial charge >= 0.3 is 5.97 Å². The molecule has 1 saturated heterocycles. The number of likely N-dealkylation sites (tertiary alicyclic amines) is 1. The van der Waals surface area contributed by atoms with Crippen LogP contribution in [0.5, 0.6) is 0 Å². The Hall–Kier alpha value is -1.89. The number of hydrogen-bond acceptors (Lipinski definition) is 4. The molecule has 3 aliphatic rings. The lowest BCUT2D eigenvalue weighted by Crippen LogP contribution is -2.38. The summed E-state index contributed by atoms with van der Waals surface area (Å²) in [5, 5.41) is 11.7. The van der Waals surface area contributed by atoms with Crippen molar-refractivity contribution < 1.29 is 19.5 Å². The minimum absolute atomic E-state index is 0.0162. The maximum absolute atomic E-state index is 12.5. The van der Waals surface area contributed by atoms with Gasteiger partial charge in [0.15, 0.2) is 0 Å². The number of amides is 2. The SMILES string of the molecule is O=C(CCC(=O)N1C[C@@H]2CCC[C@@]2(C(=O)O)C1)N1CCc2sccc2C1. The van der Waals surface area contributed by atoms with Gasteiger partial charge in [-0.1, -0.05) is 6.42 Å². The van der Waals surface area contributed by atoms with Gasteiger partial charge in [0.1, 0.15) is 0 Å². The minimum atomic E-state index is -0.772. The summed E-state index contributed by atoms with van der Waals surface area (Å²) >= 11 is 1.74. The summed E-state index contributed by atoms with van der Waals surface area (Å²) < 4.78 is 0. The molecule has 0 spiro atoms. The van der Waals surface area contributed by atoms with E-state index in [2.05, 4.69) is 11.4 Å². The molecule has 1 saturated carbocycles. The highest BCUT2D eigenvalue weighted by atomic mass is 32.1. The van der Waals surface area contributed by atoms with Crippen molar-refractivity contribution in [3.05, 3.63) is 21.9 Å². The molecule has 2 atom stereocenters. The van der Waals surface area contributed by atoms with Gasteiger partial charge in [-0.2, -0.15) is 0 Å². The van der Waals surface area contributed by atoms with Crippen LogP contribution in [0, 0.1) is 11.3 Å². The van der Waals surface area contributed by atoms with E-state index in [0.29, 0.717) is 32.6 Å². The van der Waals surface area contributed by atoms with Crippen LogP contribution in [0.3, 0.4) is 0 Å². The highest BCUT2D eigenvalue weighted by Gasteiger charge is 2.55. The molecule has 140 valence electrons. The third-order valence-corrected chi connectivity index (χ3v) is 7.39. The van der Waals surface area contributed by atoms with Crippen molar-refractivity contribution in [1.82, 2.24) is 9.80 Å². The van der Waals surface area contributed by atoms with Crippen molar-refractivity contribution in [2.45, 2.75) is 45.1 Å². The third-order valence-electron chi connectivity index (χ3n) is 6.36. The quantitative estimate of drug-likeness (QED) is 0.873. The zero-order chi connectivity index (χ0) is 18.3. The fourth-order valence-electron chi connectivity index (χ4n) is 4.82. The number of hydrogen-bond donors (Lipinski definition) is 1. The van der Waals surface area contributed by atoms with Gasteiger partial charge in [0, 0.05) is 43.9 Å². The summed E-state index contributed by atoms with van der Waals surface area (Å²) in [6, 6.07) is 2.07. The fourth-order valence-corrected chi connectivity index (χ4v) is 5.71. The molecule has 0 radical (unpaired) electrons. The number of carbonyl (C=O) groups is 3. The monoisotopic (exact) mass is 376 g/mol. The lowest BCUT2D eigenvalue weighted by atomic mass is 9.81. The van der Waals surface area contributed by atoms with Crippen LogP contribution in [0.1, 0.15) is 42.5 Å². The molecule has 4 rings (SSSR count). The Bertz CT molecular complexity index is 746. The molecule has 26 heavy (non-hydrogen) atoms. The van der Waals surface area contributed by atoms with Crippen LogP contribution in [0.2, 0.25) is 0 Å². The largest absolute Gasteiger partial charge is 0.481 e. The normalized spacial score (nSPS) is 27.3. The van der Waals surface area contributed by atoms with Crippen molar-refractivity contribution in [3.8, 4) is 0 Å².